The molecule has 0 aromatic rings. The predicted octanol–water partition coefficient (Wildman–Crippen LogP) is 6.89. The van der Waals surface area contributed by atoms with Crippen molar-refractivity contribution in [1.82, 2.24) is 5.32 Å². The van der Waals surface area contributed by atoms with Gasteiger partial charge < -0.3 is 5.32 Å². The molecule has 0 amide bonds. The molecule has 2 heteroatoms. The van der Waals surface area contributed by atoms with Crippen LogP contribution in [0.1, 0.15) is 109 Å². The van der Waals surface area contributed by atoms with Gasteiger partial charge in [-0.2, -0.15) is 0 Å². The summed E-state index contributed by atoms with van der Waals surface area (Å²) in [5.41, 5.74) is 0. The molecule has 0 heterocycles. The third kappa shape index (κ3) is 6.52. The highest BCUT2D eigenvalue weighted by Crippen LogP contribution is 2.42. The van der Waals surface area contributed by atoms with E-state index >= 15 is 0 Å². The quantitative estimate of drug-likeness (QED) is 0.490. The molecule has 0 saturated heterocycles. The molecule has 0 aliphatic heterocycles. The zero-order valence-electron chi connectivity index (χ0n) is 15.9. The van der Waals surface area contributed by atoms with Crippen LogP contribution in [0.3, 0.4) is 0 Å². The van der Waals surface area contributed by atoms with Crippen LogP contribution in [-0.2, 0) is 0 Å². The summed E-state index contributed by atoms with van der Waals surface area (Å²) >= 11 is 0. The van der Waals surface area contributed by atoms with Gasteiger partial charge in [-0.05, 0) is 50.0 Å². The molecule has 3 aliphatic rings. The monoisotopic (exact) mass is 355 g/mol. The molecule has 0 unspecified atom stereocenters. The van der Waals surface area contributed by atoms with Gasteiger partial charge in [0.05, 0.1) is 0 Å². The molecule has 1 nitrogen and oxygen atoms in total. The van der Waals surface area contributed by atoms with Crippen molar-refractivity contribution in [3.63, 3.8) is 0 Å². The molecule has 0 atom stereocenters. The fourth-order valence-electron chi connectivity index (χ4n) is 5.93. The van der Waals surface area contributed by atoms with Crippen molar-refractivity contribution in [3.8, 4) is 0 Å². The van der Waals surface area contributed by atoms with E-state index in [4.69, 9.17) is 0 Å². The first-order valence-corrected chi connectivity index (χ1v) is 11.2. The molecular weight excluding hydrogens is 314 g/mol. The second kappa shape index (κ2) is 11.8. The summed E-state index contributed by atoms with van der Waals surface area (Å²) < 4.78 is 0. The average Bonchev–Trinajstić information content (AvgIpc) is 2.64. The van der Waals surface area contributed by atoms with Crippen molar-refractivity contribution in [1.29, 1.82) is 0 Å². The lowest BCUT2D eigenvalue weighted by atomic mass is 9.68. The van der Waals surface area contributed by atoms with E-state index in [1.807, 2.05) is 0 Å². The predicted molar refractivity (Wildman–Crippen MR) is 108 cm³/mol. The lowest BCUT2D eigenvalue weighted by Gasteiger charge is -2.38. The number of nitrogens with one attached hydrogen (secondary N) is 1. The minimum absolute atomic E-state index is 0. The highest BCUT2D eigenvalue weighted by molar-refractivity contribution is 5.85. The number of hydrogen-bond acceptors (Lipinski definition) is 1. The standard InChI is InChI=1S/C22H41N.ClH/c1-4-11-19(12-5-1)22(20-13-6-2-7-14-20)17-10-18-23-21-15-8-3-9-16-21;/h19-23H,1-18H2;1H. The Hall–Kier alpha value is 0.250. The molecule has 24 heavy (non-hydrogen) atoms. The highest BCUT2D eigenvalue weighted by atomic mass is 35.5. The Bertz CT molecular complexity index is 283. The van der Waals surface area contributed by atoms with Gasteiger partial charge in [-0.25, -0.2) is 0 Å². The van der Waals surface area contributed by atoms with Crippen LogP contribution in [0.5, 0.6) is 0 Å². The molecule has 0 radical (unpaired) electrons. The van der Waals surface area contributed by atoms with Gasteiger partial charge in [0, 0.05) is 6.04 Å². The van der Waals surface area contributed by atoms with Gasteiger partial charge in [0.25, 0.3) is 0 Å². The average molecular weight is 356 g/mol. The van der Waals surface area contributed by atoms with Crippen molar-refractivity contribution in [2.24, 2.45) is 17.8 Å². The maximum absolute atomic E-state index is 3.88. The van der Waals surface area contributed by atoms with Gasteiger partial charge in [-0.15, -0.1) is 12.4 Å². The first-order valence-electron chi connectivity index (χ1n) is 11.2. The maximum Gasteiger partial charge on any atom is 0.00670 e. The van der Waals surface area contributed by atoms with Crippen LogP contribution in [-0.4, -0.2) is 12.6 Å². The Balaban J connectivity index is 0.00000208. The van der Waals surface area contributed by atoms with Crippen LogP contribution < -0.4 is 5.32 Å². The van der Waals surface area contributed by atoms with Crippen LogP contribution in [0.15, 0.2) is 0 Å². The Labute approximate surface area is 157 Å². The van der Waals surface area contributed by atoms with Crippen LogP contribution in [0.25, 0.3) is 0 Å². The SMILES string of the molecule is C1CCC(NCCCC(C2CCCCC2)C2CCCCC2)CC1.Cl. The zero-order valence-corrected chi connectivity index (χ0v) is 16.8. The Kier molecular flexibility index (Phi) is 10.1. The summed E-state index contributed by atoms with van der Waals surface area (Å²) in [5.74, 6) is 3.24. The first kappa shape index (κ1) is 20.6. The van der Waals surface area contributed by atoms with Crippen LogP contribution in [0.4, 0.5) is 0 Å². The van der Waals surface area contributed by atoms with Crippen molar-refractivity contribution < 1.29 is 0 Å². The van der Waals surface area contributed by atoms with E-state index in [0.717, 1.165) is 23.8 Å². The molecule has 3 aliphatic carbocycles. The van der Waals surface area contributed by atoms with E-state index in [9.17, 15) is 0 Å². The Morgan fingerprint density at radius 2 is 1.08 bits per heavy atom. The van der Waals surface area contributed by atoms with E-state index in [1.165, 1.54) is 90.0 Å². The van der Waals surface area contributed by atoms with Crippen molar-refractivity contribution in [3.05, 3.63) is 0 Å². The third-order valence-electron chi connectivity index (χ3n) is 7.26. The normalized spacial score (nSPS) is 24.9. The maximum atomic E-state index is 3.88. The van der Waals surface area contributed by atoms with E-state index in [1.54, 1.807) is 25.7 Å². The topological polar surface area (TPSA) is 12.0 Å². The van der Waals surface area contributed by atoms with Gasteiger partial charge in [0.1, 0.15) is 0 Å². The van der Waals surface area contributed by atoms with Crippen LogP contribution in [0.2, 0.25) is 0 Å². The second-order valence-corrected chi connectivity index (χ2v) is 8.89. The largest absolute Gasteiger partial charge is 0.314 e. The fraction of sp³-hybridized carbons (Fsp3) is 1.00. The summed E-state index contributed by atoms with van der Waals surface area (Å²) in [4.78, 5) is 0. The van der Waals surface area contributed by atoms with E-state index in [-0.39, 0.29) is 12.4 Å². The fourth-order valence-corrected chi connectivity index (χ4v) is 5.93. The van der Waals surface area contributed by atoms with E-state index in [2.05, 4.69) is 5.32 Å². The van der Waals surface area contributed by atoms with Gasteiger partial charge in [0.2, 0.25) is 0 Å². The number of hydrogen-bond donors (Lipinski definition) is 1. The molecule has 1 N–H and O–H groups in total. The molecule has 0 spiro atoms. The molecule has 0 bridgehead atoms. The minimum atomic E-state index is 0. The van der Waals surface area contributed by atoms with Gasteiger partial charge in [-0.3, -0.25) is 0 Å². The minimum Gasteiger partial charge on any atom is -0.314 e. The summed E-state index contributed by atoms with van der Waals surface area (Å²) in [6.07, 6.45) is 25.6. The second-order valence-electron chi connectivity index (χ2n) is 8.89. The third-order valence-corrected chi connectivity index (χ3v) is 7.26. The van der Waals surface area contributed by atoms with E-state index < -0.39 is 0 Å². The van der Waals surface area contributed by atoms with Crippen LogP contribution in [0, 0.1) is 17.8 Å². The molecule has 3 fully saturated rings. The van der Waals surface area contributed by atoms with E-state index in [0.29, 0.717) is 0 Å². The van der Waals surface area contributed by atoms with Crippen molar-refractivity contribution in [2.75, 3.05) is 6.54 Å². The molecule has 0 aromatic carbocycles. The van der Waals surface area contributed by atoms with Crippen molar-refractivity contribution in [2.45, 2.75) is 115 Å². The molecule has 3 saturated carbocycles. The summed E-state index contributed by atoms with van der Waals surface area (Å²) in [6, 6.07) is 0.853. The smallest absolute Gasteiger partial charge is 0.00670 e. The molecule has 0 aromatic heterocycles. The number of halogens is 1. The van der Waals surface area contributed by atoms with Crippen LogP contribution >= 0.6 is 12.4 Å². The lowest BCUT2D eigenvalue weighted by molar-refractivity contribution is 0.132. The summed E-state index contributed by atoms with van der Waals surface area (Å²) in [5, 5.41) is 3.88. The Morgan fingerprint density at radius 1 is 0.625 bits per heavy atom. The Morgan fingerprint density at radius 3 is 1.58 bits per heavy atom. The molecule has 142 valence electrons. The lowest BCUT2D eigenvalue weighted by Crippen LogP contribution is -2.33. The summed E-state index contributed by atoms with van der Waals surface area (Å²) in [6.45, 7) is 1.29. The van der Waals surface area contributed by atoms with Gasteiger partial charge in [0.15, 0.2) is 0 Å². The first-order chi connectivity index (χ1) is 11.4. The number of rotatable bonds is 7. The molecular formula is C22H42ClN. The summed E-state index contributed by atoms with van der Waals surface area (Å²) in [7, 11) is 0. The van der Waals surface area contributed by atoms with Gasteiger partial charge in [-0.1, -0.05) is 83.5 Å². The zero-order chi connectivity index (χ0) is 15.7. The highest BCUT2D eigenvalue weighted by Gasteiger charge is 2.30. The molecule has 3 rings (SSSR count). The van der Waals surface area contributed by atoms with Gasteiger partial charge >= 0.3 is 0 Å². The van der Waals surface area contributed by atoms with Crippen molar-refractivity contribution >= 4 is 12.4 Å².